The van der Waals surface area contributed by atoms with Crippen LogP contribution in [0.1, 0.15) is 33.4 Å². The van der Waals surface area contributed by atoms with Crippen molar-refractivity contribution in [2.75, 3.05) is 0 Å². The van der Waals surface area contributed by atoms with Crippen LogP contribution < -0.4 is 10.9 Å². The van der Waals surface area contributed by atoms with Crippen molar-refractivity contribution in [3.8, 4) is 22.5 Å². The molecule has 0 saturated carbocycles. The van der Waals surface area contributed by atoms with Crippen LogP contribution in [0.25, 0.3) is 33.5 Å². The van der Waals surface area contributed by atoms with Gasteiger partial charge in [0.05, 0.1) is 33.6 Å². The Hall–Kier alpha value is -4.92. The number of benzene rings is 2. The van der Waals surface area contributed by atoms with Crippen molar-refractivity contribution in [1.29, 1.82) is 0 Å². The van der Waals surface area contributed by atoms with Gasteiger partial charge in [-0.1, -0.05) is 12.1 Å². The second-order valence-electron chi connectivity index (χ2n) is 10.4. The van der Waals surface area contributed by atoms with E-state index in [1.54, 1.807) is 0 Å². The lowest BCUT2D eigenvalue weighted by Crippen LogP contribution is -2.19. The minimum Gasteiger partial charge on any atom is -0.308 e. The molecular formula is C28H8F18N2O2. The molecule has 0 spiro atoms. The minimum absolute atomic E-state index is 0.114. The van der Waals surface area contributed by atoms with Crippen LogP contribution in [0.15, 0.2) is 58.4 Å². The van der Waals surface area contributed by atoms with E-state index in [4.69, 9.17) is 0 Å². The molecule has 0 atom stereocenters. The van der Waals surface area contributed by atoms with E-state index in [-0.39, 0.29) is 33.1 Å². The Kier molecular flexibility index (Phi) is 7.85. The molecule has 50 heavy (non-hydrogen) atoms. The number of hydrogen-bond donors (Lipinski definition) is 0. The number of fused-ring (bicyclic) bond motifs is 2. The maximum Gasteiger partial charge on any atom is 0.421 e. The van der Waals surface area contributed by atoms with Crippen molar-refractivity contribution < 1.29 is 79.0 Å². The lowest BCUT2D eigenvalue weighted by atomic mass is 9.97. The van der Waals surface area contributed by atoms with Crippen LogP contribution in [0.2, 0.25) is 0 Å². The van der Waals surface area contributed by atoms with Gasteiger partial charge in [-0.25, -0.2) is 0 Å². The van der Waals surface area contributed by atoms with Crippen LogP contribution in [0, 0.1) is 0 Å². The predicted molar refractivity (Wildman–Crippen MR) is 133 cm³/mol. The first-order valence-corrected chi connectivity index (χ1v) is 12.8. The summed E-state index contributed by atoms with van der Waals surface area (Å²) in [5, 5.41) is 0. The average Bonchev–Trinajstić information content (AvgIpc) is 3.47. The Balaban J connectivity index is 2.17. The van der Waals surface area contributed by atoms with Gasteiger partial charge in [0, 0.05) is 23.5 Å². The number of nitrogens with zero attached hydrogens (tertiary/aromatic N) is 2. The normalized spacial score (nSPS) is 14.0. The topological polar surface area (TPSA) is 43.0 Å². The van der Waals surface area contributed by atoms with Gasteiger partial charge in [-0.3, -0.25) is 9.59 Å². The zero-order valence-corrected chi connectivity index (χ0v) is 23.1. The second kappa shape index (κ2) is 10.8. The van der Waals surface area contributed by atoms with Crippen LogP contribution in [-0.2, 0) is 37.1 Å². The Bertz CT molecular complexity index is 2120. The monoisotopic (exact) mass is 746 g/mol. The molecule has 22 heteroatoms. The summed E-state index contributed by atoms with van der Waals surface area (Å²) >= 11 is 0. The van der Waals surface area contributed by atoms with E-state index in [1.807, 2.05) is 0 Å². The molecule has 0 saturated heterocycles. The maximum absolute atomic E-state index is 14.2. The summed E-state index contributed by atoms with van der Waals surface area (Å²) in [7, 11) is 0. The molecular weight excluding hydrogens is 738 g/mol. The van der Waals surface area contributed by atoms with Crippen LogP contribution in [-0.4, -0.2) is 8.80 Å². The van der Waals surface area contributed by atoms with E-state index in [2.05, 4.69) is 0 Å². The molecule has 3 aromatic heterocycles. The van der Waals surface area contributed by atoms with Crippen molar-refractivity contribution in [3.05, 3.63) is 103 Å². The van der Waals surface area contributed by atoms with Gasteiger partial charge in [0.2, 0.25) is 10.9 Å². The number of hydrogen-bond acceptors (Lipinski definition) is 2. The van der Waals surface area contributed by atoms with Gasteiger partial charge in [-0.05, 0) is 24.3 Å². The van der Waals surface area contributed by atoms with E-state index < -0.39 is 139 Å². The van der Waals surface area contributed by atoms with E-state index in [9.17, 15) is 88.6 Å². The molecule has 0 amide bonds. The fourth-order valence-corrected chi connectivity index (χ4v) is 5.24. The molecule has 0 N–H and O–H groups in total. The molecule has 0 fully saturated rings. The molecule has 0 aliphatic carbocycles. The maximum atomic E-state index is 14.2. The molecule has 2 aromatic carbocycles. The molecule has 3 heterocycles. The standard InChI is InChI=1S/C28H8F18N2O2/c29-23(30,31)9-1-3-11(13(5-9)25(35,36)37)17-19-21(49)16(28(44,45)46)8-48(19)18(20-22(50)15(7-47(17)20)27(41,42)43)12-4-2-10(24(32,33)34)6-14(12)26(38,39)40/h1-8H. The summed E-state index contributed by atoms with van der Waals surface area (Å²) in [6, 6.07) is -1.74. The molecule has 0 aliphatic heterocycles. The van der Waals surface area contributed by atoms with Crippen molar-refractivity contribution in [1.82, 2.24) is 8.80 Å². The Morgan fingerprint density at radius 1 is 0.380 bits per heavy atom. The van der Waals surface area contributed by atoms with E-state index in [0.29, 0.717) is 0 Å². The van der Waals surface area contributed by atoms with Gasteiger partial charge in [0.15, 0.2) is 0 Å². The highest BCUT2D eigenvalue weighted by atomic mass is 19.4. The number of aromatic nitrogens is 2. The van der Waals surface area contributed by atoms with Gasteiger partial charge < -0.3 is 8.80 Å². The SMILES string of the molecule is O=c1c(C(F)(F)F)cn2c(-c3ccc(C(F)(F)F)cc3C(F)(F)F)c3c(=O)c(C(F)(F)F)cn3c(-c3ccc(C(F)(F)F)cc3C(F)(F)F)c12. The molecule has 0 unspecified atom stereocenters. The lowest BCUT2D eigenvalue weighted by molar-refractivity contribution is -0.144. The molecule has 0 aliphatic rings. The molecule has 0 bridgehead atoms. The smallest absolute Gasteiger partial charge is 0.308 e. The first-order valence-electron chi connectivity index (χ1n) is 12.8. The first-order chi connectivity index (χ1) is 22.5. The quantitative estimate of drug-likeness (QED) is 0.169. The fourth-order valence-electron chi connectivity index (χ4n) is 5.24. The summed E-state index contributed by atoms with van der Waals surface area (Å²) in [5.74, 6) is 0. The van der Waals surface area contributed by atoms with Gasteiger partial charge in [-0.15, -0.1) is 0 Å². The van der Waals surface area contributed by atoms with E-state index in [0.717, 1.165) is 0 Å². The fraction of sp³-hybridized carbons (Fsp3) is 0.214. The van der Waals surface area contributed by atoms with Gasteiger partial charge in [0.1, 0.15) is 22.2 Å². The highest BCUT2D eigenvalue weighted by Gasteiger charge is 2.45. The van der Waals surface area contributed by atoms with Crippen molar-refractivity contribution in [3.63, 3.8) is 0 Å². The van der Waals surface area contributed by atoms with Crippen molar-refractivity contribution >= 4 is 11.0 Å². The number of rotatable bonds is 2. The minimum atomic E-state index is -5.93. The molecule has 0 radical (unpaired) electrons. The Morgan fingerprint density at radius 3 is 0.900 bits per heavy atom. The summed E-state index contributed by atoms with van der Waals surface area (Å²) < 4.78 is 249. The highest BCUT2D eigenvalue weighted by molar-refractivity contribution is 5.91. The second-order valence-corrected chi connectivity index (χ2v) is 10.4. The van der Waals surface area contributed by atoms with Gasteiger partial charge >= 0.3 is 37.1 Å². The molecule has 268 valence electrons. The lowest BCUT2D eigenvalue weighted by Gasteiger charge is -2.21. The van der Waals surface area contributed by atoms with Crippen molar-refractivity contribution in [2.24, 2.45) is 0 Å². The number of alkyl halides is 18. The van der Waals surface area contributed by atoms with E-state index in [1.165, 1.54) is 0 Å². The Morgan fingerprint density at radius 2 is 0.660 bits per heavy atom. The third-order valence-electron chi connectivity index (χ3n) is 7.27. The summed E-state index contributed by atoms with van der Waals surface area (Å²) in [6.45, 7) is 0. The Labute approximate surface area is 261 Å². The van der Waals surface area contributed by atoms with E-state index >= 15 is 0 Å². The van der Waals surface area contributed by atoms with Crippen LogP contribution >= 0.6 is 0 Å². The van der Waals surface area contributed by atoms with Crippen LogP contribution in [0.3, 0.4) is 0 Å². The third kappa shape index (κ3) is 5.97. The first kappa shape index (κ1) is 36.4. The summed E-state index contributed by atoms with van der Waals surface area (Å²) in [5.41, 5.74) is -29.4. The van der Waals surface area contributed by atoms with Crippen LogP contribution in [0.4, 0.5) is 79.0 Å². The van der Waals surface area contributed by atoms with Crippen LogP contribution in [0.5, 0.6) is 0 Å². The highest BCUT2D eigenvalue weighted by Crippen LogP contribution is 2.47. The average molecular weight is 746 g/mol. The number of halogens is 18. The zero-order chi connectivity index (χ0) is 37.9. The predicted octanol–water partition coefficient (Wildman–Crippen LogP) is 9.80. The third-order valence-corrected chi connectivity index (χ3v) is 7.27. The van der Waals surface area contributed by atoms with Gasteiger partial charge in [0.25, 0.3) is 0 Å². The molecule has 5 rings (SSSR count). The van der Waals surface area contributed by atoms with Crippen molar-refractivity contribution in [2.45, 2.75) is 37.1 Å². The summed E-state index contributed by atoms with van der Waals surface area (Å²) in [6.07, 6.45) is -35.4. The zero-order valence-electron chi connectivity index (χ0n) is 23.1. The van der Waals surface area contributed by atoms with Gasteiger partial charge in [-0.2, -0.15) is 79.0 Å². The largest absolute Gasteiger partial charge is 0.421 e. The molecule has 4 nitrogen and oxygen atoms in total. The molecule has 5 aromatic rings. The summed E-state index contributed by atoms with van der Waals surface area (Å²) in [4.78, 5) is 26.5.